The summed E-state index contributed by atoms with van der Waals surface area (Å²) in [5, 5.41) is 5.62. The molecule has 0 radical (unpaired) electrons. The summed E-state index contributed by atoms with van der Waals surface area (Å²) in [5.41, 5.74) is 5.87. The second-order valence-electron chi connectivity index (χ2n) is 6.49. The fourth-order valence-electron chi connectivity index (χ4n) is 3.80. The third-order valence-electron chi connectivity index (χ3n) is 4.97. The Kier molecular flexibility index (Phi) is 12.6. The molecule has 0 aliphatic rings. The van der Waals surface area contributed by atoms with E-state index >= 15 is 0 Å². The molecule has 0 aliphatic carbocycles. The van der Waals surface area contributed by atoms with Crippen molar-refractivity contribution in [2.75, 3.05) is 0 Å². The summed E-state index contributed by atoms with van der Waals surface area (Å²) in [4.78, 5) is 3.25. The van der Waals surface area contributed by atoms with Crippen molar-refractivity contribution >= 4 is 26.4 Å². The van der Waals surface area contributed by atoms with Crippen LogP contribution < -0.4 is 24.8 Å². The van der Waals surface area contributed by atoms with Gasteiger partial charge in [-0.3, -0.25) is 0 Å². The average molecular weight is 447 g/mol. The predicted octanol–water partition coefficient (Wildman–Crippen LogP) is 0.832. The second kappa shape index (κ2) is 13.1. The second-order valence-corrected chi connectivity index (χ2v) is 6.49. The minimum absolute atomic E-state index is 0. The zero-order valence-electron chi connectivity index (χ0n) is 17.2. The van der Waals surface area contributed by atoms with Gasteiger partial charge >= 0.3 is 24.8 Å². The molecule has 0 bridgehead atoms. The Labute approximate surface area is 193 Å². The van der Waals surface area contributed by atoms with Crippen molar-refractivity contribution < 1.29 is 44.8 Å². The van der Waals surface area contributed by atoms with E-state index in [0.717, 1.165) is 12.8 Å². The average Bonchev–Trinajstić information content (AvgIpc) is 3.18. The van der Waals surface area contributed by atoms with E-state index in [9.17, 15) is 0 Å². The van der Waals surface area contributed by atoms with Gasteiger partial charge in [0.05, 0.1) is 0 Å². The summed E-state index contributed by atoms with van der Waals surface area (Å²) in [6.07, 6.45) is 2.28. The van der Waals surface area contributed by atoms with Gasteiger partial charge in [0.25, 0.3) is 0 Å². The first kappa shape index (κ1) is 26.8. The van der Waals surface area contributed by atoms with E-state index in [0.29, 0.717) is 0 Å². The van der Waals surface area contributed by atoms with Gasteiger partial charge in [-0.05, 0) is 0 Å². The minimum atomic E-state index is 0. The molecular formula is C25H28Cl2Ti-2. The van der Waals surface area contributed by atoms with Crippen molar-refractivity contribution in [3.05, 3.63) is 82.9 Å². The van der Waals surface area contributed by atoms with Crippen LogP contribution in [0.2, 0.25) is 0 Å². The van der Waals surface area contributed by atoms with Gasteiger partial charge in [0.2, 0.25) is 0 Å². The van der Waals surface area contributed by atoms with Gasteiger partial charge in [-0.1, -0.05) is 52.7 Å². The van der Waals surface area contributed by atoms with Gasteiger partial charge in [0.15, 0.2) is 0 Å². The summed E-state index contributed by atoms with van der Waals surface area (Å²) < 4.78 is 0. The predicted molar refractivity (Wildman–Crippen MR) is 114 cm³/mol. The van der Waals surface area contributed by atoms with Gasteiger partial charge in [-0.2, -0.15) is 11.1 Å². The molecule has 0 heterocycles. The third kappa shape index (κ3) is 5.91. The minimum Gasteiger partial charge on any atom is -1.00 e. The topological polar surface area (TPSA) is 0 Å². The molecule has 0 unspecified atom stereocenters. The molecule has 0 aliphatic heterocycles. The number of rotatable bonds is 2. The van der Waals surface area contributed by atoms with Gasteiger partial charge in [0, 0.05) is 0 Å². The number of halogens is 2. The third-order valence-corrected chi connectivity index (χ3v) is 4.97. The van der Waals surface area contributed by atoms with Gasteiger partial charge in [-0.15, -0.1) is 81.2 Å². The van der Waals surface area contributed by atoms with E-state index in [1.54, 1.807) is 20.0 Å². The number of fused-ring (bicyclic) bond motifs is 2. The zero-order chi connectivity index (χ0) is 19.1. The normalized spacial score (nSPS) is 9.50. The van der Waals surface area contributed by atoms with E-state index in [-0.39, 0.29) is 24.8 Å². The van der Waals surface area contributed by atoms with Crippen LogP contribution >= 0.6 is 0 Å². The van der Waals surface area contributed by atoms with E-state index < -0.39 is 0 Å². The summed E-state index contributed by atoms with van der Waals surface area (Å²) in [6.45, 7) is 8.82. The van der Waals surface area contributed by atoms with Crippen LogP contribution in [-0.2, 0) is 32.8 Å². The van der Waals surface area contributed by atoms with Gasteiger partial charge < -0.3 is 24.8 Å². The first-order valence-electron chi connectivity index (χ1n) is 9.28. The number of aryl methyl sites for hydroxylation is 4. The number of hydrogen-bond acceptors (Lipinski definition) is 0. The monoisotopic (exact) mass is 446 g/mol. The molecular weight excluding hydrogens is 419 g/mol. The molecule has 4 aromatic rings. The molecule has 0 saturated heterocycles. The van der Waals surface area contributed by atoms with Crippen molar-refractivity contribution in [3.63, 3.8) is 0 Å². The van der Waals surface area contributed by atoms with E-state index in [2.05, 4.69) is 93.2 Å². The molecule has 0 aromatic heterocycles. The Bertz CT molecular complexity index is 899. The summed E-state index contributed by atoms with van der Waals surface area (Å²) in [6, 6.07) is 21.7. The van der Waals surface area contributed by atoms with Gasteiger partial charge in [-0.25, -0.2) is 0 Å². The molecule has 3 heteroatoms. The number of hydrogen-bond donors (Lipinski definition) is 0. The van der Waals surface area contributed by atoms with Crippen molar-refractivity contribution in [3.8, 4) is 0 Å². The largest absolute Gasteiger partial charge is 1.00 e. The molecule has 4 aromatic carbocycles. The van der Waals surface area contributed by atoms with Crippen LogP contribution in [0.15, 0.2) is 60.7 Å². The Morgan fingerprint density at radius 3 is 1.32 bits per heavy atom. The van der Waals surface area contributed by atoms with Crippen LogP contribution in [0.4, 0.5) is 0 Å². The standard InChI is InChI=1S/2C12H13.CH2.2ClH.Ti/c2*1-3-11-9(2)8-10-6-4-5-7-12(10)11;;;;/h2*4-8H,3H2,1-2H3;1H2;2*1H;/q2*-1;;;;+2/p-2. The zero-order valence-corrected chi connectivity index (χ0v) is 20.2. The van der Waals surface area contributed by atoms with Crippen LogP contribution in [0, 0.1) is 13.8 Å². The van der Waals surface area contributed by atoms with Crippen LogP contribution in [-0.4, -0.2) is 4.82 Å². The van der Waals surface area contributed by atoms with Crippen LogP contribution in [0.25, 0.3) is 21.5 Å². The van der Waals surface area contributed by atoms with Crippen molar-refractivity contribution in [1.82, 2.24) is 0 Å². The Morgan fingerprint density at radius 2 is 1.00 bits per heavy atom. The molecule has 28 heavy (non-hydrogen) atoms. The SMILES string of the molecule is CCc1c(C)[cH-]c2ccccc12.CCc1c(C)[cH-]c2ccccc12.[CH2]=[Ti+2].[Cl-].[Cl-]. The van der Waals surface area contributed by atoms with E-state index in [1.165, 1.54) is 43.8 Å². The Hall–Kier alpha value is -1.18. The van der Waals surface area contributed by atoms with Gasteiger partial charge in [0.1, 0.15) is 0 Å². The Morgan fingerprint density at radius 1 is 0.679 bits per heavy atom. The fourth-order valence-corrected chi connectivity index (χ4v) is 3.80. The molecule has 0 atom stereocenters. The summed E-state index contributed by atoms with van der Waals surface area (Å²) >= 11 is 1.75. The van der Waals surface area contributed by atoms with E-state index in [1.807, 2.05) is 0 Å². The smallest absolute Gasteiger partial charge is 1.00 e. The van der Waals surface area contributed by atoms with Crippen LogP contribution in [0.5, 0.6) is 0 Å². The molecule has 0 spiro atoms. The summed E-state index contributed by atoms with van der Waals surface area (Å²) in [5.74, 6) is 0. The number of benzene rings is 2. The van der Waals surface area contributed by atoms with Crippen LogP contribution in [0.3, 0.4) is 0 Å². The molecule has 0 N–H and O–H groups in total. The molecule has 0 fully saturated rings. The van der Waals surface area contributed by atoms with E-state index in [4.69, 9.17) is 0 Å². The maximum Gasteiger partial charge on any atom is -1.00 e. The molecule has 148 valence electrons. The molecule has 0 nitrogen and oxygen atoms in total. The fraction of sp³-hybridized carbons (Fsp3) is 0.240. The molecule has 0 amide bonds. The molecule has 4 rings (SSSR count). The first-order valence-corrected chi connectivity index (χ1v) is 10.4. The summed E-state index contributed by atoms with van der Waals surface area (Å²) in [7, 11) is 0. The Balaban J connectivity index is 0.000000449. The maximum absolute atomic E-state index is 3.25. The maximum atomic E-state index is 3.25. The van der Waals surface area contributed by atoms with Crippen molar-refractivity contribution in [2.45, 2.75) is 40.5 Å². The van der Waals surface area contributed by atoms with Crippen molar-refractivity contribution in [2.24, 2.45) is 0 Å². The molecule has 0 saturated carbocycles. The van der Waals surface area contributed by atoms with Crippen molar-refractivity contribution in [1.29, 1.82) is 0 Å². The first-order chi connectivity index (χ1) is 12.7. The van der Waals surface area contributed by atoms with Crippen LogP contribution in [0.1, 0.15) is 36.1 Å². The quantitative estimate of drug-likeness (QED) is 0.316.